The van der Waals surface area contributed by atoms with Crippen molar-refractivity contribution in [2.75, 3.05) is 26.3 Å². The van der Waals surface area contributed by atoms with Gasteiger partial charge in [0.25, 0.3) is 0 Å². The number of thiazole rings is 1. The van der Waals surface area contributed by atoms with E-state index in [4.69, 9.17) is 4.74 Å². The van der Waals surface area contributed by atoms with Gasteiger partial charge in [-0.25, -0.2) is 9.78 Å². The molecule has 142 valence electrons. The van der Waals surface area contributed by atoms with E-state index in [-0.39, 0.29) is 5.69 Å². The average Bonchev–Trinajstić information content (AvgIpc) is 3.11. The van der Waals surface area contributed by atoms with Crippen molar-refractivity contribution in [3.8, 4) is 0 Å². The van der Waals surface area contributed by atoms with E-state index in [2.05, 4.69) is 35.1 Å². The molecule has 26 heavy (non-hydrogen) atoms. The predicted molar refractivity (Wildman–Crippen MR) is 101 cm³/mol. The number of hydrogen-bond acceptors (Lipinski definition) is 5. The van der Waals surface area contributed by atoms with Gasteiger partial charge in [0, 0.05) is 30.2 Å². The van der Waals surface area contributed by atoms with Gasteiger partial charge in [0.15, 0.2) is 10.7 Å². The molecule has 2 aromatic rings. The number of carbonyl (C=O) groups is 1. The third-order valence-electron chi connectivity index (χ3n) is 5.81. The van der Waals surface area contributed by atoms with Crippen LogP contribution in [0.5, 0.6) is 0 Å². The lowest BCUT2D eigenvalue weighted by Gasteiger charge is -2.33. The summed E-state index contributed by atoms with van der Waals surface area (Å²) in [5.41, 5.74) is 2.63. The Morgan fingerprint density at radius 1 is 1.35 bits per heavy atom. The van der Waals surface area contributed by atoms with Gasteiger partial charge in [0.1, 0.15) is 0 Å². The molecular weight excluding hydrogens is 350 g/mol. The zero-order valence-corrected chi connectivity index (χ0v) is 16.6. The normalized spacial score (nSPS) is 21.9. The second-order valence-corrected chi connectivity index (χ2v) is 9.56. The van der Waals surface area contributed by atoms with Crippen molar-refractivity contribution >= 4 is 22.3 Å². The SMILES string of the molecule is CC(C)(C)C1CCc2c(sc3nc(C(=O)O)c(CN4CCOCC4)n23)C1. The lowest BCUT2D eigenvalue weighted by Crippen LogP contribution is -2.36. The molecule has 1 atom stereocenters. The van der Waals surface area contributed by atoms with E-state index in [1.165, 1.54) is 10.6 Å². The first-order valence-corrected chi connectivity index (χ1v) is 10.2. The van der Waals surface area contributed by atoms with E-state index in [9.17, 15) is 9.90 Å². The number of carboxylic acids is 1. The number of aromatic carboxylic acids is 1. The first-order chi connectivity index (χ1) is 12.3. The number of ether oxygens (including phenoxy) is 1. The van der Waals surface area contributed by atoms with Crippen LogP contribution < -0.4 is 0 Å². The van der Waals surface area contributed by atoms with E-state index in [0.29, 0.717) is 31.1 Å². The summed E-state index contributed by atoms with van der Waals surface area (Å²) in [6.45, 7) is 10.7. The van der Waals surface area contributed by atoms with Crippen LogP contribution in [0.25, 0.3) is 4.96 Å². The van der Waals surface area contributed by atoms with E-state index < -0.39 is 5.97 Å². The van der Waals surface area contributed by atoms with E-state index in [1.807, 2.05) is 0 Å². The first-order valence-electron chi connectivity index (χ1n) is 9.40. The number of nitrogens with zero attached hydrogens (tertiary/aromatic N) is 3. The summed E-state index contributed by atoms with van der Waals surface area (Å²) in [4.78, 5) is 20.8. The van der Waals surface area contributed by atoms with Gasteiger partial charge in [0.2, 0.25) is 0 Å². The number of fused-ring (bicyclic) bond motifs is 3. The van der Waals surface area contributed by atoms with Crippen LogP contribution in [-0.2, 0) is 24.1 Å². The zero-order valence-electron chi connectivity index (χ0n) is 15.7. The van der Waals surface area contributed by atoms with Crippen LogP contribution in [0.2, 0.25) is 0 Å². The van der Waals surface area contributed by atoms with E-state index in [1.54, 1.807) is 11.3 Å². The minimum Gasteiger partial charge on any atom is -0.476 e. The van der Waals surface area contributed by atoms with Crippen LogP contribution in [0.3, 0.4) is 0 Å². The third-order valence-corrected chi connectivity index (χ3v) is 6.92. The van der Waals surface area contributed by atoms with E-state index >= 15 is 0 Å². The second-order valence-electron chi connectivity index (χ2n) is 8.50. The van der Waals surface area contributed by atoms with Crippen LogP contribution in [-0.4, -0.2) is 51.7 Å². The molecule has 0 amide bonds. The lowest BCUT2D eigenvalue weighted by molar-refractivity contribution is 0.0332. The van der Waals surface area contributed by atoms with Gasteiger partial charge in [-0.15, -0.1) is 11.3 Å². The highest BCUT2D eigenvalue weighted by atomic mass is 32.1. The van der Waals surface area contributed by atoms with E-state index in [0.717, 1.165) is 43.0 Å². The first kappa shape index (κ1) is 17.9. The Bertz CT molecular complexity index is 827. The topological polar surface area (TPSA) is 67.1 Å². The van der Waals surface area contributed by atoms with Crippen LogP contribution >= 0.6 is 11.3 Å². The summed E-state index contributed by atoms with van der Waals surface area (Å²) < 4.78 is 7.58. The molecule has 1 N–H and O–H groups in total. The van der Waals surface area contributed by atoms with Crippen molar-refractivity contribution in [2.45, 2.75) is 46.6 Å². The standard InChI is InChI=1S/C19H27N3O3S/c1-19(2,3)12-4-5-13-15(10-12)26-18-20-16(17(23)24)14(22(13)18)11-21-6-8-25-9-7-21/h12H,4-11H2,1-3H3,(H,23,24). The fraction of sp³-hybridized carbons (Fsp3) is 0.684. The van der Waals surface area contributed by atoms with Gasteiger partial charge in [-0.1, -0.05) is 20.8 Å². The van der Waals surface area contributed by atoms with Gasteiger partial charge < -0.3 is 9.84 Å². The monoisotopic (exact) mass is 377 g/mol. The number of aromatic nitrogens is 2. The summed E-state index contributed by atoms with van der Waals surface area (Å²) in [6, 6.07) is 0. The molecule has 3 heterocycles. The number of hydrogen-bond donors (Lipinski definition) is 1. The quantitative estimate of drug-likeness (QED) is 0.890. The van der Waals surface area contributed by atoms with Crippen molar-refractivity contribution in [2.24, 2.45) is 11.3 Å². The molecular formula is C19H27N3O3S. The minimum atomic E-state index is -0.929. The number of rotatable bonds is 3. The van der Waals surface area contributed by atoms with Gasteiger partial charge >= 0.3 is 5.97 Å². The molecule has 1 unspecified atom stereocenters. The Balaban J connectivity index is 1.73. The summed E-state index contributed by atoms with van der Waals surface area (Å²) in [6.07, 6.45) is 3.23. The fourth-order valence-electron chi connectivity index (χ4n) is 4.15. The molecule has 7 heteroatoms. The van der Waals surface area contributed by atoms with Crippen LogP contribution in [0.4, 0.5) is 0 Å². The van der Waals surface area contributed by atoms with Crippen LogP contribution in [0.15, 0.2) is 0 Å². The molecule has 1 aliphatic carbocycles. The van der Waals surface area contributed by atoms with Gasteiger partial charge in [-0.3, -0.25) is 9.30 Å². The van der Waals surface area contributed by atoms with Gasteiger partial charge in [-0.05, 0) is 30.6 Å². The Morgan fingerprint density at radius 2 is 2.08 bits per heavy atom. The average molecular weight is 378 g/mol. The second kappa shape index (κ2) is 6.62. The molecule has 1 aliphatic heterocycles. The lowest BCUT2D eigenvalue weighted by atomic mass is 9.73. The molecule has 1 saturated heterocycles. The Morgan fingerprint density at radius 3 is 2.73 bits per heavy atom. The molecule has 6 nitrogen and oxygen atoms in total. The summed E-state index contributed by atoms with van der Waals surface area (Å²) >= 11 is 1.68. The Labute approximate surface area is 157 Å². The van der Waals surface area contributed by atoms with Crippen LogP contribution in [0.1, 0.15) is 53.9 Å². The summed E-state index contributed by atoms with van der Waals surface area (Å²) in [5, 5.41) is 9.65. The van der Waals surface area contributed by atoms with Crippen molar-refractivity contribution in [3.05, 3.63) is 22.0 Å². The highest BCUT2D eigenvalue weighted by Gasteiger charge is 2.33. The van der Waals surface area contributed by atoms with Gasteiger partial charge in [0.05, 0.1) is 18.9 Å². The molecule has 0 saturated carbocycles. The smallest absolute Gasteiger partial charge is 0.356 e. The van der Waals surface area contributed by atoms with Crippen molar-refractivity contribution in [1.82, 2.24) is 14.3 Å². The molecule has 2 aliphatic rings. The maximum atomic E-state index is 11.8. The van der Waals surface area contributed by atoms with Crippen LogP contribution in [0, 0.1) is 11.3 Å². The maximum absolute atomic E-state index is 11.8. The molecule has 4 rings (SSSR count). The molecule has 0 bridgehead atoms. The highest BCUT2D eigenvalue weighted by molar-refractivity contribution is 7.17. The number of imidazole rings is 1. The number of morpholine rings is 1. The third kappa shape index (κ3) is 3.17. The summed E-state index contributed by atoms with van der Waals surface area (Å²) in [7, 11) is 0. The molecule has 1 fully saturated rings. The Hall–Kier alpha value is -1.44. The van der Waals surface area contributed by atoms with Gasteiger partial charge in [-0.2, -0.15) is 0 Å². The molecule has 0 aromatic carbocycles. The van der Waals surface area contributed by atoms with Crippen molar-refractivity contribution in [3.63, 3.8) is 0 Å². The molecule has 2 aromatic heterocycles. The van der Waals surface area contributed by atoms with Crippen molar-refractivity contribution < 1.29 is 14.6 Å². The largest absolute Gasteiger partial charge is 0.476 e. The zero-order chi connectivity index (χ0) is 18.5. The number of carboxylic acid groups (broad SMARTS) is 1. The molecule has 0 spiro atoms. The predicted octanol–water partition coefficient (Wildman–Crippen LogP) is 3.08. The van der Waals surface area contributed by atoms with Crippen molar-refractivity contribution in [1.29, 1.82) is 0 Å². The number of aryl methyl sites for hydroxylation is 1. The summed E-state index contributed by atoms with van der Waals surface area (Å²) in [5.74, 6) is -0.263. The Kier molecular flexibility index (Phi) is 4.57. The minimum absolute atomic E-state index is 0.212. The highest BCUT2D eigenvalue weighted by Crippen LogP contribution is 2.41. The maximum Gasteiger partial charge on any atom is 0.356 e. The molecule has 0 radical (unpaired) electrons. The fourth-order valence-corrected chi connectivity index (χ4v) is 5.41.